The standard InChI is InChI=1S/C14H11BrClFN2O/c15-11-4-3-10(6-13(11)17)19-7-9-2-1-8(14(18)20)5-12(9)16/h1-6,19H,7H2,(H2,18,20). The molecule has 0 unspecified atom stereocenters. The van der Waals surface area contributed by atoms with Crippen LogP contribution in [0.15, 0.2) is 40.9 Å². The first-order chi connectivity index (χ1) is 9.47. The summed E-state index contributed by atoms with van der Waals surface area (Å²) in [4.78, 5) is 11.0. The van der Waals surface area contributed by atoms with Gasteiger partial charge < -0.3 is 11.1 Å². The van der Waals surface area contributed by atoms with Gasteiger partial charge in [0.25, 0.3) is 0 Å². The van der Waals surface area contributed by atoms with Crippen LogP contribution in [0.5, 0.6) is 0 Å². The zero-order valence-electron chi connectivity index (χ0n) is 10.3. The van der Waals surface area contributed by atoms with Crippen molar-refractivity contribution in [2.24, 2.45) is 5.73 Å². The molecule has 2 aromatic rings. The summed E-state index contributed by atoms with van der Waals surface area (Å²) in [7, 11) is 0. The fraction of sp³-hybridized carbons (Fsp3) is 0.0714. The Balaban J connectivity index is 2.10. The van der Waals surface area contributed by atoms with Crippen LogP contribution < -0.4 is 11.1 Å². The second kappa shape index (κ2) is 6.24. The number of anilines is 1. The van der Waals surface area contributed by atoms with Crippen LogP contribution in [-0.4, -0.2) is 5.91 Å². The second-order valence-electron chi connectivity index (χ2n) is 4.15. The molecule has 0 atom stereocenters. The normalized spacial score (nSPS) is 10.3. The smallest absolute Gasteiger partial charge is 0.248 e. The van der Waals surface area contributed by atoms with Crippen LogP contribution in [-0.2, 0) is 6.54 Å². The molecular formula is C14H11BrClFN2O. The summed E-state index contributed by atoms with van der Waals surface area (Å²) in [6.07, 6.45) is 0. The highest BCUT2D eigenvalue weighted by Crippen LogP contribution is 2.22. The van der Waals surface area contributed by atoms with Gasteiger partial charge >= 0.3 is 0 Å². The summed E-state index contributed by atoms with van der Waals surface area (Å²) in [5.74, 6) is -0.869. The van der Waals surface area contributed by atoms with Gasteiger partial charge in [0, 0.05) is 22.8 Å². The number of carbonyl (C=O) groups is 1. The van der Waals surface area contributed by atoms with Gasteiger partial charge in [-0.1, -0.05) is 17.7 Å². The van der Waals surface area contributed by atoms with Crippen molar-refractivity contribution in [2.75, 3.05) is 5.32 Å². The summed E-state index contributed by atoms with van der Waals surface area (Å²) >= 11 is 9.16. The molecule has 0 aromatic heterocycles. The molecule has 20 heavy (non-hydrogen) atoms. The Morgan fingerprint density at radius 3 is 2.65 bits per heavy atom. The van der Waals surface area contributed by atoms with Gasteiger partial charge in [0.2, 0.25) is 5.91 Å². The Kier molecular flexibility index (Phi) is 4.62. The molecule has 1 amide bonds. The van der Waals surface area contributed by atoms with Crippen LogP contribution in [0.1, 0.15) is 15.9 Å². The average Bonchev–Trinajstić information content (AvgIpc) is 2.41. The van der Waals surface area contributed by atoms with E-state index in [2.05, 4.69) is 21.2 Å². The molecular weight excluding hydrogens is 347 g/mol. The highest BCUT2D eigenvalue weighted by atomic mass is 79.9. The molecule has 0 bridgehead atoms. The number of carbonyl (C=O) groups excluding carboxylic acids is 1. The van der Waals surface area contributed by atoms with Gasteiger partial charge in [-0.25, -0.2) is 4.39 Å². The van der Waals surface area contributed by atoms with Crippen molar-refractivity contribution < 1.29 is 9.18 Å². The Morgan fingerprint density at radius 1 is 1.30 bits per heavy atom. The first kappa shape index (κ1) is 14.8. The molecule has 0 saturated carbocycles. The third-order valence-electron chi connectivity index (χ3n) is 2.74. The molecule has 0 heterocycles. The van der Waals surface area contributed by atoms with E-state index in [1.165, 1.54) is 12.1 Å². The maximum absolute atomic E-state index is 13.4. The summed E-state index contributed by atoms with van der Waals surface area (Å²) < 4.78 is 13.8. The summed E-state index contributed by atoms with van der Waals surface area (Å²) in [6.45, 7) is 0.416. The van der Waals surface area contributed by atoms with E-state index in [9.17, 15) is 9.18 Å². The lowest BCUT2D eigenvalue weighted by atomic mass is 10.1. The number of rotatable bonds is 4. The fourth-order valence-electron chi connectivity index (χ4n) is 1.65. The minimum Gasteiger partial charge on any atom is -0.381 e. The third-order valence-corrected chi connectivity index (χ3v) is 3.74. The van der Waals surface area contributed by atoms with Crippen LogP contribution in [0, 0.1) is 5.82 Å². The van der Waals surface area contributed by atoms with Crippen LogP contribution in [0.4, 0.5) is 10.1 Å². The monoisotopic (exact) mass is 356 g/mol. The number of halogens is 3. The summed E-state index contributed by atoms with van der Waals surface area (Å²) in [6, 6.07) is 9.59. The van der Waals surface area contributed by atoms with Crippen LogP contribution in [0.25, 0.3) is 0 Å². The van der Waals surface area contributed by atoms with Crippen molar-refractivity contribution in [2.45, 2.75) is 6.54 Å². The molecule has 0 spiro atoms. The molecule has 0 aliphatic heterocycles. The first-order valence-electron chi connectivity index (χ1n) is 5.74. The zero-order chi connectivity index (χ0) is 14.7. The molecule has 0 radical (unpaired) electrons. The van der Waals surface area contributed by atoms with Crippen molar-refractivity contribution in [1.82, 2.24) is 0 Å². The first-order valence-corrected chi connectivity index (χ1v) is 6.91. The van der Waals surface area contributed by atoms with E-state index < -0.39 is 5.91 Å². The van der Waals surface area contributed by atoms with Crippen molar-refractivity contribution in [3.63, 3.8) is 0 Å². The number of amides is 1. The number of benzene rings is 2. The van der Waals surface area contributed by atoms with Gasteiger partial charge in [-0.2, -0.15) is 0 Å². The zero-order valence-corrected chi connectivity index (χ0v) is 12.6. The number of nitrogens with two attached hydrogens (primary N) is 1. The molecule has 0 aliphatic rings. The highest BCUT2D eigenvalue weighted by Gasteiger charge is 2.06. The number of nitrogens with one attached hydrogen (secondary N) is 1. The lowest BCUT2D eigenvalue weighted by Crippen LogP contribution is -2.11. The van der Waals surface area contributed by atoms with E-state index in [-0.39, 0.29) is 5.82 Å². The second-order valence-corrected chi connectivity index (χ2v) is 5.41. The van der Waals surface area contributed by atoms with Crippen molar-refractivity contribution in [3.05, 3.63) is 62.8 Å². The van der Waals surface area contributed by atoms with Crippen LogP contribution >= 0.6 is 27.5 Å². The lowest BCUT2D eigenvalue weighted by Gasteiger charge is -2.09. The lowest BCUT2D eigenvalue weighted by molar-refractivity contribution is 0.100. The molecule has 104 valence electrons. The minimum atomic E-state index is -0.526. The van der Waals surface area contributed by atoms with E-state index in [4.69, 9.17) is 17.3 Å². The molecule has 2 rings (SSSR count). The Morgan fingerprint density at radius 2 is 2.05 bits per heavy atom. The maximum atomic E-state index is 13.4. The van der Waals surface area contributed by atoms with E-state index >= 15 is 0 Å². The fourth-order valence-corrected chi connectivity index (χ4v) is 2.14. The third kappa shape index (κ3) is 3.49. The molecule has 6 heteroatoms. The maximum Gasteiger partial charge on any atom is 0.248 e. The molecule has 0 saturated heterocycles. The van der Waals surface area contributed by atoms with Gasteiger partial charge in [-0.15, -0.1) is 0 Å². The summed E-state index contributed by atoms with van der Waals surface area (Å²) in [5.41, 5.74) is 6.96. The van der Waals surface area contributed by atoms with Gasteiger partial charge in [-0.05, 0) is 51.8 Å². The molecule has 0 fully saturated rings. The highest BCUT2D eigenvalue weighted by molar-refractivity contribution is 9.10. The Bertz CT molecular complexity index is 664. The van der Waals surface area contributed by atoms with Crippen molar-refractivity contribution in [1.29, 1.82) is 0 Å². The number of hydrogen-bond acceptors (Lipinski definition) is 2. The van der Waals surface area contributed by atoms with Gasteiger partial charge in [0.1, 0.15) is 5.82 Å². The summed E-state index contributed by atoms with van der Waals surface area (Å²) in [5, 5.41) is 3.49. The topological polar surface area (TPSA) is 55.1 Å². The molecule has 3 nitrogen and oxygen atoms in total. The largest absolute Gasteiger partial charge is 0.381 e. The van der Waals surface area contributed by atoms with E-state index in [1.807, 2.05) is 0 Å². The minimum absolute atomic E-state index is 0.342. The predicted molar refractivity (Wildman–Crippen MR) is 81.4 cm³/mol. The van der Waals surface area contributed by atoms with E-state index in [0.717, 1.165) is 5.56 Å². The van der Waals surface area contributed by atoms with Gasteiger partial charge in [0.15, 0.2) is 0 Å². The van der Waals surface area contributed by atoms with Crippen molar-refractivity contribution >= 4 is 39.1 Å². The van der Waals surface area contributed by atoms with Gasteiger partial charge in [0.05, 0.1) is 4.47 Å². The SMILES string of the molecule is NC(=O)c1ccc(CNc2ccc(Br)c(F)c2)c(Cl)c1. The van der Waals surface area contributed by atoms with E-state index in [1.54, 1.807) is 24.3 Å². The Hall–Kier alpha value is -1.59. The molecule has 3 N–H and O–H groups in total. The molecule has 0 aliphatic carbocycles. The number of hydrogen-bond donors (Lipinski definition) is 2. The molecule has 2 aromatic carbocycles. The van der Waals surface area contributed by atoms with Crippen LogP contribution in [0.2, 0.25) is 5.02 Å². The van der Waals surface area contributed by atoms with Crippen LogP contribution in [0.3, 0.4) is 0 Å². The Labute approximate surface area is 129 Å². The average molecular weight is 358 g/mol. The number of primary amides is 1. The predicted octanol–water partition coefficient (Wildman–Crippen LogP) is 3.95. The van der Waals surface area contributed by atoms with Crippen molar-refractivity contribution in [3.8, 4) is 0 Å². The quantitative estimate of drug-likeness (QED) is 0.870. The van der Waals surface area contributed by atoms with E-state index in [0.29, 0.717) is 27.3 Å². The van der Waals surface area contributed by atoms with Gasteiger partial charge in [-0.3, -0.25) is 4.79 Å².